The smallest absolute Gasteiger partial charge is 0.222 e. The van der Waals surface area contributed by atoms with E-state index in [1.54, 1.807) is 7.11 Å². The summed E-state index contributed by atoms with van der Waals surface area (Å²) in [6, 6.07) is 8.61. The quantitative estimate of drug-likeness (QED) is 0.802. The Kier molecular flexibility index (Phi) is 5.57. The summed E-state index contributed by atoms with van der Waals surface area (Å²) >= 11 is 0. The number of rotatable bonds is 5. The largest absolute Gasteiger partial charge is 0.383 e. The average Bonchev–Trinajstić information content (AvgIpc) is 3.18. The number of amides is 1. The third-order valence-corrected chi connectivity index (χ3v) is 6.18. The highest BCUT2D eigenvalue weighted by atomic mass is 16.5. The molecule has 2 atom stereocenters. The van der Waals surface area contributed by atoms with Crippen molar-refractivity contribution in [1.82, 2.24) is 9.80 Å². The van der Waals surface area contributed by atoms with E-state index < -0.39 is 0 Å². The first-order valence-electron chi connectivity index (χ1n) is 9.90. The molecule has 3 aliphatic rings. The van der Waals surface area contributed by atoms with E-state index in [1.807, 2.05) is 0 Å². The summed E-state index contributed by atoms with van der Waals surface area (Å²) in [5, 5.41) is 0. The lowest BCUT2D eigenvalue weighted by atomic mass is 10.0. The van der Waals surface area contributed by atoms with E-state index in [0.717, 1.165) is 58.8 Å². The maximum atomic E-state index is 12.9. The minimum atomic E-state index is 0.201. The minimum absolute atomic E-state index is 0.201. The van der Waals surface area contributed by atoms with Crippen molar-refractivity contribution in [3.63, 3.8) is 0 Å². The van der Waals surface area contributed by atoms with Crippen molar-refractivity contribution in [2.45, 2.75) is 25.4 Å². The lowest BCUT2D eigenvalue weighted by molar-refractivity contribution is -0.131. The molecular weight excluding hydrogens is 328 g/mol. The van der Waals surface area contributed by atoms with Gasteiger partial charge in [0, 0.05) is 52.2 Å². The van der Waals surface area contributed by atoms with Crippen LogP contribution in [-0.2, 0) is 27.1 Å². The molecule has 0 saturated carbocycles. The second-order valence-corrected chi connectivity index (χ2v) is 8.01. The van der Waals surface area contributed by atoms with Gasteiger partial charge in [-0.05, 0) is 29.9 Å². The van der Waals surface area contributed by atoms with Gasteiger partial charge in [0.1, 0.15) is 0 Å². The molecule has 0 unspecified atom stereocenters. The molecule has 5 nitrogen and oxygen atoms in total. The molecule has 1 aromatic carbocycles. The van der Waals surface area contributed by atoms with Crippen molar-refractivity contribution in [2.75, 3.05) is 53.0 Å². The Hall–Kier alpha value is -1.43. The number of hydrogen-bond donors (Lipinski definition) is 0. The van der Waals surface area contributed by atoms with E-state index in [1.165, 1.54) is 11.1 Å². The minimum Gasteiger partial charge on any atom is -0.383 e. The van der Waals surface area contributed by atoms with Crippen LogP contribution in [0.5, 0.6) is 0 Å². The number of nitrogens with zero attached hydrogens (tertiary/aromatic N) is 2. The van der Waals surface area contributed by atoms with Gasteiger partial charge in [0.2, 0.25) is 5.91 Å². The SMILES string of the molecule is COCCN1CCO[C@@H]2CN(C(=O)CC3Cc4ccccc4C3)C[C@@H]2C1. The fraction of sp³-hybridized carbons (Fsp3) is 0.667. The van der Waals surface area contributed by atoms with Crippen LogP contribution in [-0.4, -0.2) is 74.9 Å². The molecular formula is C21H30N2O3. The van der Waals surface area contributed by atoms with E-state index in [0.29, 0.717) is 24.2 Å². The van der Waals surface area contributed by atoms with Crippen molar-refractivity contribution in [1.29, 1.82) is 0 Å². The Morgan fingerprint density at radius 1 is 1.19 bits per heavy atom. The standard InChI is InChI=1S/C21H30N2O3/c1-25-8-6-22-7-9-26-20-15-23(14-19(20)13-22)21(24)12-16-10-17-4-2-3-5-18(17)11-16/h2-5,16,19-20H,6-15H2,1H3/t19-,20+/m0/s1. The Morgan fingerprint density at radius 2 is 1.96 bits per heavy atom. The van der Waals surface area contributed by atoms with E-state index >= 15 is 0 Å². The predicted octanol–water partition coefficient (Wildman–Crippen LogP) is 1.60. The van der Waals surface area contributed by atoms with Gasteiger partial charge in [-0.15, -0.1) is 0 Å². The maximum Gasteiger partial charge on any atom is 0.222 e. The highest BCUT2D eigenvalue weighted by molar-refractivity contribution is 5.77. The predicted molar refractivity (Wildman–Crippen MR) is 100 cm³/mol. The molecule has 2 heterocycles. The van der Waals surface area contributed by atoms with Gasteiger partial charge in [0.15, 0.2) is 0 Å². The Bertz CT molecular complexity index is 608. The van der Waals surface area contributed by atoms with Crippen molar-refractivity contribution in [3.05, 3.63) is 35.4 Å². The number of methoxy groups -OCH3 is 1. The van der Waals surface area contributed by atoms with Crippen molar-refractivity contribution in [3.8, 4) is 0 Å². The lowest BCUT2D eigenvalue weighted by Gasteiger charge is -2.23. The molecule has 2 fully saturated rings. The molecule has 5 heteroatoms. The summed E-state index contributed by atoms with van der Waals surface area (Å²) in [7, 11) is 1.74. The molecule has 1 aliphatic carbocycles. The lowest BCUT2D eigenvalue weighted by Crippen LogP contribution is -2.36. The summed E-state index contributed by atoms with van der Waals surface area (Å²) in [6.07, 6.45) is 2.96. The van der Waals surface area contributed by atoms with Crippen molar-refractivity contribution < 1.29 is 14.3 Å². The normalized spacial score (nSPS) is 26.6. The first-order valence-corrected chi connectivity index (χ1v) is 9.90. The molecule has 1 aromatic rings. The molecule has 0 aromatic heterocycles. The molecule has 4 rings (SSSR count). The van der Waals surface area contributed by atoms with Gasteiger partial charge in [0.25, 0.3) is 0 Å². The van der Waals surface area contributed by atoms with E-state index in [-0.39, 0.29) is 6.10 Å². The van der Waals surface area contributed by atoms with Crippen LogP contribution in [0.3, 0.4) is 0 Å². The molecule has 1 amide bonds. The van der Waals surface area contributed by atoms with Gasteiger partial charge < -0.3 is 14.4 Å². The zero-order valence-electron chi connectivity index (χ0n) is 15.7. The Labute approximate surface area is 156 Å². The van der Waals surface area contributed by atoms with Crippen LogP contribution < -0.4 is 0 Å². The third-order valence-electron chi connectivity index (χ3n) is 6.18. The summed E-state index contributed by atoms with van der Waals surface area (Å²) < 4.78 is 11.3. The molecule has 142 valence electrons. The summed E-state index contributed by atoms with van der Waals surface area (Å²) in [6.45, 7) is 6.02. The van der Waals surface area contributed by atoms with Crippen LogP contribution in [0.1, 0.15) is 17.5 Å². The van der Waals surface area contributed by atoms with E-state index in [9.17, 15) is 4.79 Å². The number of carbonyl (C=O) groups is 1. The molecule has 0 radical (unpaired) electrons. The topological polar surface area (TPSA) is 42.0 Å². The Balaban J connectivity index is 1.30. The number of likely N-dealkylation sites (tertiary alicyclic amines) is 1. The summed E-state index contributed by atoms with van der Waals surface area (Å²) in [4.78, 5) is 17.3. The maximum absolute atomic E-state index is 12.9. The van der Waals surface area contributed by atoms with E-state index in [2.05, 4.69) is 34.1 Å². The van der Waals surface area contributed by atoms with Crippen LogP contribution in [0.15, 0.2) is 24.3 Å². The Morgan fingerprint density at radius 3 is 2.69 bits per heavy atom. The highest BCUT2D eigenvalue weighted by Gasteiger charge is 2.39. The zero-order chi connectivity index (χ0) is 17.9. The fourth-order valence-corrected chi connectivity index (χ4v) is 4.76. The number of benzene rings is 1. The first kappa shape index (κ1) is 18.0. The van der Waals surface area contributed by atoms with Crippen LogP contribution in [0.25, 0.3) is 0 Å². The van der Waals surface area contributed by atoms with Gasteiger partial charge in [-0.2, -0.15) is 0 Å². The summed E-state index contributed by atoms with van der Waals surface area (Å²) in [5.74, 6) is 1.20. The van der Waals surface area contributed by atoms with Gasteiger partial charge >= 0.3 is 0 Å². The number of fused-ring (bicyclic) bond motifs is 2. The second kappa shape index (κ2) is 8.07. The van der Waals surface area contributed by atoms with Gasteiger partial charge in [-0.25, -0.2) is 0 Å². The zero-order valence-corrected chi connectivity index (χ0v) is 15.7. The molecule has 0 spiro atoms. The van der Waals surface area contributed by atoms with Gasteiger partial charge in [-0.1, -0.05) is 24.3 Å². The van der Waals surface area contributed by atoms with Crippen LogP contribution in [0.2, 0.25) is 0 Å². The fourth-order valence-electron chi connectivity index (χ4n) is 4.76. The summed E-state index contributed by atoms with van der Waals surface area (Å²) in [5.41, 5.74) is 2.85. The van der Waals surface area contributed by atoms with E-state index in [4.69, 9.17) is 9.47 Å². The van der Waals surface area contributed by atoms with Crippen molar-refractivity contribution in [2.24, 2.45) is 11.8 Å². The molecule has 0 N–H and O–H groups in total. The molecule has 26 heavy (non-hydrogen) atoms. The molecule has 2 saturated heterocycles. The number of ether oxygens (including phenoxy) is 2. The van der Waals surface area contributed by atoms with Gasteiger partial charge in [0.05, 0.1) is 19.3 Å². The molecule has 0 bridgehead atoms. The third kappa shape index (κ3) is 3.95. The number of carbonyl (C=O) groups excluding carboxylic acids is 1. The monoisotopic (exact) mass is 358 g/mol. The van der Waals surface area contributed by atoms with Crippen molar-refractivity contribution >= 4 is 5.91 Å². The van der Waals surface area contributed by atoms with Crippen LogP contribution in [0.4, 0.5) is 0 Å². The van der Waals surface area contributed by atoms with Crippen LogP contribution in [0, 0.1) is 11.8 Å². The second-order valence-electron chi connectivity index (χ2n) is 8.01. The first-order chi connectivity index (χ1) is 12.7. The molecule has 2 aliphatic heterocycles. The highest BCUT2D eigenvalue weighted by Crippen LogP contribution is 2.30. The van der Waals surface area contributed by atoms with Gasteiger partial charge in [-0.3, -0.25) is 9.69 Å². The van der Waals surface area contributed by atoms with Crippen LogP contribution >= 0.6 is 0 Å². The average molecular weight is 358 g/mol. The number of hydrogen-bond acceptors (Lipinski definition) is 4.